The van der Waals surface area contributed by atoms with Gasteiger partial charge < -0.3 is 4.74 Å². The molecule has 0 aromatic rings. The number of morpholine rings is 1. The van der Waals surface area contributed by atoms with E-state index < -0.39 is 0 Å². The van der Waals surface area contributed by atoms with Crippen LogP contribution in [-0.4, -0.2) is 37.2 Å². The van der Waals surface area contributed by atoms with E-state index in [1.165, 1.54) is 0 Å². The van der Waals surface area contributed by atoms with E-state index in [-0.39, 0.29) is 0 Å². The Hall–Kier alpha value is -0.0800. The third-order valence-corrected chi connectivity index (χ3v) is 1.77. The van der Waals surface area contributed by atoms with Gasteiger partial charge in [0.05, 0.1) is 12.7 Å². The Kier molecular flexibility index (Phi) is 2.49. The minimum atomic E-state index is 0.443. The lowest BCUT2D eigenvalue weighted by molar-refractivity contribution is -0.0162. The van der Waals surface area contributed by atoms with Gasteiger partial charge in [-0.05, 0) is 13.5 Å². The van der Waals surface area contributed by atoms with Gasteiger partial charge in [0, 0.05) is 13.1 Å². The van der Waals surface area contributed by atoms with Crippen molar-refractivity contribution in [2.45, 2.75) is 20.0 Å². The summed E-state index contributed by atoms with van der Waals surface area (Å²) in [6, 6.07) is 0. The van der Waals surface area contributed by atoms with Gasteiger partial charge in [-0.3, -0.25) is 4.90 Å². The van der Waals surface area contributed by atoms with Gasteiger partial charge >= 0.3 is 0 Å². The molecule has 1 saturated heterocycles. The van der Waals surface area contributed by atoms with Crippen LogP contribution in [0.15, 0.2) is 0 Å². The number of hydrogen-bond donors (Lipinski definition) is 0. The van der Waals surface area contributed by atoms with Gasteiger partial charge in [-0.15, -0.1) is 0 Å². The van der Waals surface area contributed by atoms with Gasteiger partial charge in [-0.1, -0.05) is 6.92 Å². The van der Waals surface area contributed by atoms with Gasteiger partial charge in [0.1, 0.15) is 0 Å². The van der Waals surface area contributed by atoms with Crippen LogP contribution in [0.2, 0.25) is 0 Å². The van der Waals surface area contributed by atoms with Crippen molar-refractivity contribution in [1.82, 2.24) is 4.90 Å². The molecule has 0 saturated carbocycles. The molecule has 54 valence electrons. The maximum absolute atomic E-state index is 5.37. The third-order valence-electron chi connectivity index (χ3n) is 1.77. The van der Waals surface area contributed by atoms with Crippen LogP contribution >= 0.6 is 0 Å². The summed E-state index contributed by atoms with van der Waals surface area (Å²) in [6.45, 7) is 8.61. The van der Waals surface area contributed by atoms with E-state index in [0.29, 0.717) is 6.10 Å². The first-order valence-electron chi connectivity index (χ1n) is 3.67. The summed E-state index contributed by atoms with van der Waals surface area (Å²) in [6.07, 6.45) is 0.443. The molecule has 0 aromatic carbocycles. The Morgan fingerprint density at radius 2 is 2.44 bits per heavy atom. The highest BCUT2D eigenvalue weighted by molar-refractivity contribution is 4.65. The second-order valence-corrected chi connectivity index (χ2v) is 2.57. The van der Waals surface area contributed by atoms with Crippen molar-refractivity contribution in [2.24, 2.45) is 0 Å². The van der Waals surface area contributed by atoms with E-state index >= 15 is 0 Å². The van der Waals surface area contributed by atoms with Crippen LogP contribution < -0.4 is 0 Å². The smallest absolute Gasteiger partial charge is 0.0674 e. The summed E-state index contributed by atoms with van der Waals surface area (Å²) in [4.78, 5) is 2.41. The van der Waals surface area contributed by atoms with Crippen molar-refractivity contribution in [3.05, 3.63) is 0 Å². The number of hydrogen-bond acceptors (Lipinski definition) is 2. The lowest BCUT2D eigenvalue weighted by Crippen LogP contribution is -2.40. The second-order valence-electron chi connectivity index (χ2n) is 2.57. The van der Waals surface area contributed by atoms with Crippen molar-refractivity contribution in [2.75, 3.05) is 26.2 Å². The summed E-state index contributed by atoms with van der Waals surface area (Å²) in [5.41, 5.74) is 0. The average molecular weight is 129 g/mol. The third kappa shape index (κ3) is 1.95. The molecule has 0 spiro atoms. The van der Waals surface area contributed by atoms with E-state index in [1.807, 2.05) is 0 Å². The van der Waals surface area contributed by atoms with E-state index in [4.69, 9.17) is 4.74 Å². The van der Waals surface area contributed by atoms with Gasteiger partial charge in [-0.2, -0.15) is 0 Å². The summed E-state index contributed by atoms with van der Waals surface area (Å²) in [7, 11) is 0. The molecule has 0 bridgehead atoms. The van der Waals surface area contributed by atoms with Crippen LogP contribution in [0.4, 0.5) is 0 Å². The summed E-state index contributed by atoms with van der Waals surface area (Å²) < 4.78 is 5.37. The fourth-order valence-corrected chi connectivity index (χ4v) is 1.18. The normalized spacial score (nSPS) is 30.7. The maximum atomic E-state index is 5.37. The fourth-order valence-electron chi connectivity index (χ4n) is 1.18. The van der Waals surface area contributed by atoms with Crippen LogP contribution in [0.25, 0.3) is 0 Å². The van der Waals surface area contributed by atoms with E-state index in [2.05, 4.69) is 18.7 Å². The Labute approximate surface area is 56.8 Å². The molecule has 0 aliphatic carbocycles. The monoisotopic (exact) mass is 129 g/mol. The highest BCUT2D eigenvalue weighted by Crippen LogP contribution is 2.02. The van der Waals surface area contributed by atoms with Crippen molar-refractivity contribution in [3.8, 4) is 0 Å². The van der Waals surface area contributed by atoms with E-state index in [0.717, 1.165) is 26.2 Å². The van der Waals surface area contributed by atoms with Crippen molar-refractivity contribution in [1.29, 1.82) is 0 Å². The molecule has 0 aromatic heterocycles. The topological polar surface area (TPSA) is 12.5 Å². The predicted octanol–water partition coefficient (Wildman–Crippen LogP) is 0.727. The maximum Gasteiger partial charge on any atom is 0.0674 e. The molecule has 0 unspecified atom stereocenters. The zero-order valence-electron chi connectivity index (χ0n) is 6.26. The molecule has 2 nitrogen and oxygen atoms in total. The minimum Gasteiger partial charge on any atom is -0.376 e. The molecule has 2 heteroatoms. The molecule has 0 radical (unpaired) electrons. The first-order chi connectivity index (χ1) is 4.33. The van der Waals surface area contributed by atoms with Crippen molar-refractivity contribution in [3.63, 3.8) is 0 Å². The molecular weight excluding hydrogens is 114 g/mol. The van der Waals surface area contributed by atoms with Crippen LogP contribution in [0, 0.1) is 0 Å². The summed E-state index contributed by atoms with van der Waals surface area (Å²) in [5, 5.41) is 0. The molecule has 0 amide bonds. The van der Waals surface area contributed by atoms with E-state index in [9.17, 15) is 0 Å². The molecule has 1 heterocycles. The lowest BCUT2D eigenvalue weighted by atomic mass is 10.3. The van der Waals surface area contributed by atoms with Gasteiger partial charge in [-0.25, -0.2) is 0 Å². The lowest BCUT2D eigenvalue weighted by Gasteiger charge is -2.29. The molecule has 0 N–H and O–H groups in total. The summed E-state index contributed by atoms with van der Waals surface area (Å²) >= 11 is 0. The Balaban J connectivity index is 2.23. The highest BCUT2D eigenvalue weighted by atomic mass is 16.5. The number of likely N-dealkylation sites (N-methyl/N-ethyl adjacent to an activating group) is 1. The molecule has 1 atom stereocenters. The quantitative estimate of drug-likeness (QED) is 0.517. The van der Waals surface area contributed by atoms with Crippen molar-refractivity contribution >= 4 is 0 Å². The van der Waals surface area contributed by atoms with Crippen LogP contribution in [0.1, 0.15) is 13.8 Å². The molecular formula is C7H15NO. The predicted molar refractivity (Wildman–Crippen MR) is 37.5 cm³/mol. The first kappa shape index (κ1) is 7.03. The molecule has 1 fully saturated rings. The van der Waals surface area contributed by atoms with E-state index in [1.54, 1.807) is 0 Å². The second kappa shape index (κ2) is 3.18. The number of ether oxygens (including phenoxy) is 1. The summed E-state index contributed by atoms with van der Waals surface area (Å²) in [5.74, 6) is 0. The minimum absolute atomic E-state index is 0.443. The molecule has 1 rings (SSSR count). The zero-order valence-corrected chi connectivity index (χ0v) is 6.26. The zero-order chi connectivity index (χ0) is 6.69. The average Bonchev–Trinajstić information content (AvgIpc) is 1.88. The SMILES string of the molecule is CCN1CCO[C@@H](C)C1. The Morgan fingerprint density at radius 1 is 1.67 bits per heavy atom. The Morgan fingerprint density at radius 3 is 2.89 bits per heavy atom. The fraction of sp³-hybridized carbons (Fsp3) is 1.00. The van der Waals surface area contributed by atoms with Crippen LogP contribution in [0.3, 0.4) is 0 Å². The van der Waals surface area contributed by atoms with Gasteiger partial charge in [0.15, 0.2) is 0 Å². The standard InChI is InChI=1S/C7H15NO/c1-3-8-4-5-9-7(2)6-8/h7H,3-6H2,1-2H3/t7-/m0/s1. The Bertz CT molecular complexity index is 85.0. The van der Waals surface area contributed by atoms with Crippen LogP contribution in [-0.2, 0) is 4.74 Å². The van der Waals surface area contributed by atoms with Gasteiger partial charge in [0.2, 0.25) is 0 Å². The van der Waals surface area contributed by atoms with Gasteiger partial charge in [0.25, 0.3) is 0 Å². The largest absolute Gasteiger partial charge is 0.376 e. The first-order valence-corrected chi connectivity index (χ1v) is 3.67. The molecule has 1 aliphatic heterocycles. The molecule has 9 heavy (non-hydrogen) atoms. The van der Waals surface area contributed by atoms with Crippen molar-refractivity contribution < 1.29 is 4.74 Å². The number of rotatable bonds is 1. The number of nitrogens with zero attached hydrogens (tertiary/aromatic N) is 1. The van der Waals surface area contributed by atoms with Crippen LogP contribution in [0.5, 0.6) is 0 Å². The molecule has 1 aliphatic rings. The highest BCUT2D eigenvalue weighted by Gasteiger charge is 2.13.